The molecule has 0 amide bonds. The predicted octanol–water partition coefficient (Wildman–Crippen LogP) is 1.42. The fourth-order valence-corrected chi connectivity index (χ4v) is 1.69. The molecule has 0 bridgehead atoms. The molecule has 0 saturated carbocycles. The Morgan fingerprint density at radius 2 is 2.11 bits per heavy atom. The third kappa shape index (κ3) is 4.47. The summed E-state index contributed by atoms with van der Waals surface area (Å²) in [6, 6.07) is 7.40. The average molecular weight is 250 g/mol. The van der Waals surface area contributed by atoms with Crippen molar-refractivity contribution in [1.82, 2.24) is 10.2 Å². The van der Waals surface area contributed by atoms with Crippen LogP contribution in [-0.2, 0) is 0 Å². The first kappa shape index (κ1) is 14.7. The highest BCUT2D eigenvalue weighted by Gasteiger charge is 2.13. The van der Waals surface area contributed by atoms with Gasteiger partial charge in [-0.1, -0.05) is 12.1 Å². The van der Waals surface area contributed by atoms with Crippen molar-refractivity contribution in [2.75, 3.05) is 40.3 Å². The number of ether oxygens (including phenoxy) is 1. The van der Waals surface area contributed by atoms with Crippen molar-refractivity contribution in [2.24, 2.45) is 0 Å². The number of ketones is 1. The van der Waals surface area contributed by atoms with Gasteiger partial charge in [0.25, 0.3) is 0 Å². The number of carbonyl (C=O) groups excluding carboxylic acids is 1. The lowest BCUT2D eigenvalue weighted by atomic mass is 10.1. The van der Waals surface area contributed by atoms with Gasteiger partial charge in [-0.25, -0.2) is 0 Å². The van der Waals surface area contributed by atoms with Gasteiger partial charge in [0.1, 0.15) is 5.75 Å². The molecule has 0 aromatic heterocycles. The predicted molar refractivity (Wildman–Crippen MR) is 73.4 cm³/mol. The Bertz CT molecular complexity index is 380. The molecule has 18 heavy (non-hydrogen) atoms. The molecular weight excluding hydrogens is 228 g/mol. The number of para-hydroxylation sites is 1. The summed E-state index contributed by atoms with van der Waals surface area (Å²) in [5.74, 6) is 0.768. The van der Waals surface area contributed by atoms with Crippen LogP contribution in [0.1, 0.15) is 17.3 Å². The van der Waals surface area contributed by atoms with Gasteiger partial charge >= 0.3 is 0 Å². The molecule has 0 fully saturated rings. The fraction of sp³-hybridized carbons (Fsp3) is 0.500. The van der Waals surface area contributed by atoms with Crippen molar-refractivity contribution in [1.29, 1.82) is 0 Å². The summed E-state index contributed by atoms with van der Waals surface area (Å²) < 4.78 is 5.47. The van der Waals surface area contributed by atoms with Crippen LogP contribution in [0.25, 0.3) is 0 Å². The zero-order chi connectivity index (χ0) is 13.4. The molecule has 1 rings (SSSR count). The van der Waals surface area contributed by atoms with Gasteiger partial charge in [0.15, 0.2) is 5.78 Å². The van der Waals surface area contributed by atoms with E-state index in [1.807, 2.05) is 50.2 Å². The van der Waals surface area contributed by atoms with E-state index in [1.165, 1.54) is 0 Å². The summed E-state index contributed by atoms with van der Waals surface area (Å²) in [7, 11) is 3.85. The number of hydrogen-bond donors (Lipinski definition) is 1. The maximum Gasteiger partial charge on any atom is 0.180 e. The Morgan fingerprint density at radius 1 is 1.39 bits per heavy atom. The summed E-state index contributed by atoms with van der Waals surface area (Å²) in [6.45, 7) is 4.61. The average Bonchev–Trinajstić information content (AvgIpc) is 2.37. The monoisotopic (exact) mass is 250 g/mol. The molecule has 0 spiro atoms. The van der Waals surface area contributed by atoms with Crippen molar-refractivity contribution < 1.29 is 9.53 Å². The molecule has 0 saturated heterocycles. The number of hydrogen-bond acceptors (Lipinski definition) is 4. The van der Waals surface area contributed by atoms with Gasteiger partial charge in [-0.15, -0.1) is 0 Å². The van der Waals surface area contributed by atoms with E-state index in [0.717, 1.165) is 13.1 Å². The van der Waals surface area contributed by atoms with E-state index in [4.69, 9.17) is 4.74 Å². The summed E-state index contributed by atoms with van der Waals surface area (Å²) in [4.78, 5) is 14.2. The zero-order valence-electron chi connectivity index (χ0n) is 11.4. The minimum atomic E-state index is 0.0950. The maximum absolute atomic E-state index is 12.2. The molecule has 0 heterocycles. The SMILES string of the molecule is CCOc1ccccc1C(=O)CN(C)CCNC. The number of rotatable bonds is 8. The van der Waals surface area contributed by atoms with Crippen molar-refractivity contribution in [3.8, 4) is 5.75 Å². The quantitative estimate of drug-likeness (QED) is 0.709. The molecule has 0 radical (unpaired) electrons. The largest absolute Gasteiger partial charge is 0.493 e. The first-order chi connectivity index (χ1) is 8.69. The number of likely N-dealkylation sites (N-methyl/N-ethyl adjacent to an activating group) is 2. The second kappa shape index (κ2) is 7.84. The van der Waals surface area contributed by atoms with Crippen molar-refractivity contribution >= 4 is 5.78 Å². The topological polar surface area (TPSA) is 41.6 Å². The van der Waals surface area contributed by atoms with Gasteiger partial charge in [-0.2, -0.15) is 0 Å². The summed E-state index contributed by atoms with van der Waals surface area (Å²) >= 11 is 0. The van der Waals surface area contributed by atoms with Gasteiger partial charge in [0.05, 0.1) is 18.7 Å². The molecule has 0 aliphatic rings. The Kier molecular flexibility index (Phi) is 6.39. The third-order valence-electron chi connectivity index (χ3n) is 2.64. The lowest BCUT2D eigenvalue weighted by molar-refractivity contribution is 0.0943. The van der Waals surface area contributed by atoms with Crippen LogP contribution in [0.2, 0.25) is 0 Å². The lowest BCUT2D eigenvalue weighted by Gasteiger charge is -2.16. The highest BCUT2D eigenvalue weighted by Crippen LogP contribution is 2.18. The number of carbonyl (C=O) groups is 1. The molecule has 1 N–H and O–H groups in total. The molecule has 100 valence electrons. The van der Waals surface area contributed by atoms with E-state index in [0.29, 0.717) is 24.5 Å². The Balaban J connectivity index is 2.65. The van der Waals surface area contributed by atoms with Crippen LogP contribution in [0.15, 0.2) is 24.3 Å². The first-order valence-corrected chi connectivity index (χ1v) is 6.27. The lowest BCUT2D eigenvalue weighted by Crippen LogP contribution is -2.32. The van der Waals surface area contributed by atoms with E-state index in [2.05, 4.69) is 5.32 Å². The van der Waals surface area contributed by atoms with Crippen LogP contribution in [-0.4, -0.2) is 51.0 Å². The van der Waals surface area contributed by atoms with E-state index >= 15 is 0 Å². The highest BCUT2D eigenvalue weighted by atomic mass is 16.5. The molecule has 0 unspecified atom stereocenters. The van der Waals surface area contributed by atoms with Gasteiger partial charge < -0.3 is 10.1 Å². The summed E-state index contributed by atoms with van der Waals surface area (Å²) in [5, 5.41) is 3.07. The molecule has 4 heteroatoms. The van der Waals surface area contributed by atoms with Crippen molar-refractivity contribution in [3.63, 3.8) is 0 Å². The van der Waals surface area contributed by atoms with Gasteiger partial charge in [0, 0.05) is 13.1 Å². The van der Waals surface area contributed by atoms with E-state index in [1.54, 1.807) is 0 Å². The summed E-state index contributed by atoms with van der Waals surface area (Å²) in [5.41, 5.74) is 0.663. The second-order valence-corrected chi connectivity index (χ2v) is 4.19. The molecule has 4 nitrogen and oxygen atoms in total. The molecule has 0 aliphatic heterocycles. The normalized spacial score (nSPS) is 10.7. The van der Waals surface area contributed by atoms with Crippen LogP contribution >= 0.6 is 0 Å². The van der Waals surface area contributed by atoms with Gasteiger partial charge in [-0.05, 0) is 33.2 Å². The second-order valence-electron chi connectivity index (χ2n) is 4.19. The molecular formula is C14H22N2O2. The number of nitrogens with zero attached hydrogens (tertiary/aromatic N) is 1. The first-order valence-electron chi connectivity index (χ1n) is 6.27. The zero-order valence-corrected chi connectivity index (χ0v) is 11.4. The van der Waals surface area contributed by atoms with Crippen LogP contribution in [0, 0.1) is 0 Å². The van der Waals surface area contributed by atoms with Crippen molar-refractivity contribution in [2.45, 2.75) is 6.92 Å². The smallest absolute Gasteiger partial charge is 0.180 e. The molecule has 0 atom stereocenters. The Morgan fingerprint density at radius 3 is 2.78 bits per heavy atom. The van der Waals surface area contributed by atoms with Gasteiger partial charge in [-0.3, -0.25) is 9.69 Å². The van der Waals surface area contributed by atoms with Crippen LogP contribution in [0.4, 0.5) is 0 Å². The van der Waals surface area contributed by atoms with E-state index in [9.17, 15) is 4.79 Å². The third-order valence-corrected chi connectivity index (χ3v) is 2.64. The highest BCUT2D eigenvalue weighted by molar-refractivity contribution is 6.00. The van der Waals surface area contributed by atoms with E-state index < -0.39 is 0 Å². The van der Waals surface area contributed by atoms with Crippen molar-refractivity contribution in [3.05, 3.63) is 29.8 Å². The van der Waals surface area contributed by atoms with Crippen LogP contribution in [0.5, 0.6) is 5.75 Å². The minimum Gasteiger partial charge on any atom is -0.493 e. The maximum atomic E-state index is 12.2. The Hall–Kier alpha value is -1.39. The molecule has 0 aliphatic carbocycles. The number of benzene rings is 1. The number of nitrogens with one attached hydrogen (secondary N) is 1. The standard InChI is InChI=1S/C14H22N2O2/c1-4-18-14-8-6-5-7-12(14)13(17)11-16(3)10-9-15-2/h5-8,15H,4,9-11H2,1-3H3. The molecule has 1 aromatic carbocycles. The van der Waals surface area contributed by atoms with Crippen LogP contribution in [0.3, 0.4) is 0 Å². The minimum absolute atomic E-state index is 0.0950. The van der Waals surface area contributed by atoms with Gasteiger partial charge in [0.2, 0.25) is 0 Å². The summed E-state index contributed by atoms with van der Waals surface area (Å²) in [6.07, 6.45) is 0. The fourth-order valence-electron chi connectivity index (χ4n) is 1.69. The Labute approximate surface area is 109 Å². The molecule has 1 aromatic rings. The number of Topliss-reactive ketones (excluding diaryl/α,β-unsaturated/α-hetero) is 1. The van der Waals surface area contributed by atoms with Crippen LogP contribution < -0.4 is 10.1 Å². The van der Waals surface area contributed by atoms with E-state index in [-0.39, 0.29) is 5.78 Å².